The lowest BCUT2D eigenvalue weighted by atomic mass is 10.3. The highest BCUT2D eigenvalue weighted by Crippen LogP contribution is 2.31. The molecule has 3 rings (SSSR count). The zero-order valence-electron chi connectivity index (χ0n) is 9.96. The number of fused-ring (bicyclic) bond motifs is 1. The van der Waals surface area contributed by atoms with Gasteiger partial charge in [0.05, 0.1) is 26.0 Å². The Labute approximate surface area is 105 Å². The summed E-state index contributed by atoms with van der Waals surface area (Å²) in [7, 11) is 0. The molecular weight excluding hydrogens is 238 g/mol. The van der Waals surface area contributed by atoms with Crippen molar-refractivity contribution < 1.29 is 23.7 Å². The van der Waals surface area contributed by atoms with E-state index in [-0.39, 0.29) is 6.10 Å². The Kier molecular flexibility index (Phi) is 3.47. The molecule has 1 unspecified atom stereocenters. The van der Waals surface area contributed by atoms with E-state index in [0.29, 0.717) is 57.0 Å². The smallest absolute Gasteiger partial charge is 0.217 e. The number of hydrogen-bond acceptors (Lipinski definition) is 6. The van der Waals surface area contributed by atoms with E-state index in [9.17, 15) is 0 Å². The first-order valence-electron chi connectivity index (χ1n) is 5.99. The average molecular weight is 253 g/mol. The van der Waals surface area contributed by atoms with Crippen LogP contribution in [0.5, 0.6) is 17.4 Å². The minimum Gasteiger partial charge on any atom is -0.486 e. The first-order chi connectivity index (χ1) is 8.92. The Morgan fingerprint density at radius 3 is 2.89 bits per heavy atom. The molecule has 2 aliphatic heterocycles. The zero-order valence-corrected chi connectivity index (χ0v) is 9.96. The third-order valence-corrected chi connectivity index (χ3v) is 2.71. The fourth-order valence-electron chi connectivity index (χ4n) is 1.82. The number of ether oxygens (including phenoxy) is 5. The van der Waals surface area contributed by atoms with Gasteiger partial charge >= 0.3 is 0 Å². The summed E-state index contributed by atoms with van der Waals surface area (Å²) in [5.74, 6) is 1.84. The molecule has 0 bridgehead atoms. The topological polar surface area (TPSA) is 59.0 Å². The van der Waals surface area contributed by atoms with E-state index in [4.69, 9.17) is 23.7 Å². The Balaban J connectivity index is 1.58. The number of aromatic nitrogens is 1. The molecule has 0 amide bonds. The number of rotatable bonds is 3. The largest absolute Gasteiger partial charge is 0.486 e. The third kappa shape index (κ3) is 2.65. The third-order valence-electron chi connectivity index (χ3n) is 2.71. The van der Waals surface area contributed by atoms with Crippen molar-refractivity contribution in [2.45, 2.75) is 6.10 Å². The number of pyridine rings is 1. The van der Waals surface area contributed by atoms with Crippen LogP contribution in [0.1, 0.15) is 0 Å². The molecule has 1 aromatic heterocycles. The van der Waals surface area contributed by atoms with Crippen molar-refractivity contribution in [2.24, 2.45) is 0 Å². The summed E-state index contributed by atoms with van der Waals surface area (Å²) in [6.45, 7) is 3.36. The predicted octanol–water partition coefficient (Wildman–Crippen LogP) is 0.647. The number of hydrogen-bond donors (Lipinski definition) is 0. The quantitative estimate of drug-likeness (QED) is 0.788. The molecular formula is C12H15NO5. The van der Waals surface area contributed by atoms with Crippen LogP contribution < -0.4 is 14.2 Å². The van der Waals surface area contributed by atoms with Gasteiger partial charge in [0.25, 0.3) is 0 Å². The van der Waals surface area contributed by atoms with E-state index < -0.39 is 0 Å². The standard InChI is InChI=1S/C12H15NO5/c1-2-15-9(7-14-1)8-18-12-5-10-11(6-13-12)17-4-3-16-10/h5-6,9H,1-4,7-8H2. The maximum atomic E-state index is 5.56. The molecule has 18 heavy (non-hydrogen) atoms. The van der Waals surface area contributed by atoms with E-state index in [1.807, 2.05) is 0 Å². The van der Waals surface area contributed by atoms with Gasteiger partial charge in [-0.05, 0) is 0 Å². The second kappa shape index (κ2) is 5.41. The summed E-state index contributed by atoms with van der Waals surface area (Å²) in [5.41, 5.74) is 0. The van der Waals surface area contributed by atoms with Gasteiger partial charge in [0.1, 0.15) is 25.9 Å². The summed E-state index contributed by atoms with van der Waals surface area (Å²) in [6, 6.07) is 1.73. The highest BCUT2D eigenvalue weighted by atomic mass is 16.6. The molecule has 1 atom stereocenters. The van der Waals surface area contributed by atoms with E-state index in [1.54, 1.807) is 12.3 Å². The molecule has 1 fully saturated rings. The van der Waals surface area contributed by atoms with Crippen molar-refractivity contribution in [1.82, 2.24) is 4.98 Å². The molecule has 0 spiro atoms. The van der Waals surface area contributed by atoms with Crippen LogP contribution >= 0.6 is 0 Å². The van der Waals surface area contributed by atoms with Gasteiger partial charge in [0, 0.05) is 6.07 Å². The maximum Gasteiger partial charge on any atom is 0.217 e. The molecule has 6 nitrogen and oxygen atoms in total. The molecule has 2 aliphatic rings. The maximum absolute atomic E-state index is 5.56. The van der Waals surface area contributed by atoms with Gasteiger partial charge < -0.3 is 23.7 Å². The number of nitrogens with zero attached hydrogens (tertiary/aromatic N) is 1. The lowest BCUT2D eigenvalue weighted by Crippen LogP contribution is -2.33. The SMILES string of the molecule is c1nc(OCC2COCCO2)cc2c1OCCO2. The van der Waals surface area contributed by atoms with Gasteiger partial charge in [-0.15, -0.1) is 0 Å². The van der Waals surface area contributed by atoms with Crippen molar-refractivity contribution in [3.05, 3.63) is 12.3 Å². The highest BCUT2D eigenvalue weighted by Gasteiger charge is 2.17. The van der Waals surface area contributed by atoms with Crippen LogP contribution in [0.3, 0.4) is 0 Å². The minimum atomic E-state index is -0.0336. The van der Waals surface area contributed by atoms with Crippen LogP contribution in [0.4, 0.5) is 0 Å². The normalized spacial score (nSPS) is 22.6. The summed E-state index contributed by atoms with van der Waals surface area (Å²) in [5, 5.41) is 0. The first-order valence-corrected chi connectivity index (χ1v) is 5.99. The van der Waals surface area contributed by atoms with Crippen molar-refractivity contribution in [1.29, 1.82) is 0 Å². The second-order valence-electron chi connectivity index (χ2n) is 4.04. The molecule has 1 saturated heterocycles. The molecule has 0 aliphatic carbocycles. The summed E-state index contributed by atoms with van der Waals surface area (Å²) in [6.07, 6.45) is 1.58. The van der Waals surface area contributed by atoms with Gasteiger partial charge in [-0.25, -0.2) is 4.98 Å². The van der Waals surface area contributed by atoms with Gasteiger partial charge in [-0.1, -0.05) is 0 Å². The van der Waals surface area contributed by atoms with E-state index in [1.165, 1.54) is 0 Å². The lowest BCUT2D eigenvalue weighted by molar-refractivity contribution is -0.102. The summed E-state index contributed by atoms with van der Waals surface area (Å²) >= 11 is 0. The summed E-state index contributed by atoms with van der Waals surface area (Å²) < 4.78 is 27.2. The fraction of sp³-hybridized carbons (Fsp3) is 0.583. The second-order valence-corrected chi connectivity index (χ2v) is 4.04. The molecule has 0 N–H and O–H groups in total. The summed E-state index contributed by atoms with van der Waals surface area (Å²) in [4.78, 5) is 4.15. The van der Waals surface area contributed by atoms with Crippen LogP contribution in [0.25, 0.3) is 0 Å². The van der Waals surface area contributed by atoms with Crippen molar-refractivity contribution >= 4 is 0 Å². The molecule has 1 aromatic rings. The van der Waals surface area contributed by atoms with Gasteiger partial charge in [0.2, 0.25) is 5.88 Å². The molecule has 3 heterocycles. The Morgan fingerprint density at radius 2 is 2.06 bits per heavy atom. The van der Waals surface area contributed by atoms with Crippen molar-refractivity contribution in [3.8, 4) is 17.4 Å². The van der Waals surface area contributed by atoms with Gasteiger partial charge in [-0.2, -0.15) is 0 Å². The van der Waals surface area contributed by atoms with Crippen LogP contribution in [0, 0.1) is 0 Å². The Hall–Kier alpha value is -1.53. The van der Waals surface area contributed by atoms with E-state index in [0.717, 1.165) is 0 Å². The lowest BCUT2D eigenvalue weighted by Gasteiger charge is -2.23. The Morgan fingerprint density at radius 1 is 1.17 bits per heavy atom. The zero-order chi connectivity index (χ0) is 12.2. The van der Waals surface area contributed by atoms with Crippen molar-refractivity contribution in [3.63, 3.8) is 0 Å². The van der Waals surface area contributed by atoms with E-state index in [2.05, 4.69) is 4.98 Å². The fourth-order valence-corrected chi connectivity index (χ4v) is 1.82. The highest BCUT2D eigenvalue weighted by molar-refractivity contribution is 5.41. The monoisotopic (exact) mass is 253 g/mol. The van der Waals surface area contributed by atoms with Crippen LogP contribution in [-0.2, 0) is 9.47 Å². The van der Waals surface area contributed by atoms with Crippen molar-refractivity contribution in [2.75, 3.05) is 39.6 Å². The predicted molar refractivity (Wildman–Crippen MR) is 61.3 cm³/mol. The van der Waals surface area contributed by atoms with Crippen LogP contribution in [-0.4, -0.2) is 50.7 Å². The first kappa shape index (κ1) is 11.6. The Bertz CT molecular complexity index is 405. The van der Waals surface area contributed by atoms with Crippen LogP contribution in [0.15, 0.2) is 12.3 Å². The van der Waals surface area contributed by atoms with Crippen LogP contribution in [0.2, 0.25) is 0 Å². The molecule has 0 saturated carbocycles. The van der Waals surface area contributed by atoms with Gasteiger partial charge in [-0.3, -0.25) is 0 Å². The molecule has 0 aromatic carbocycles. The molecule has 98 valence electrons. The van der Waals surface area contributed by atoms with E-state index >= 15 is 0 Å². The molecule has 6 heteroatoms. The minimum absolute atomic E-state index is 0.0336. The van der Waals surface area contributed by atoms with Gasteiger partial charge in [0.15, 0.2) is 11.5 Å². The molecule has 0 radical (unpaired) electrons. The average Bonchev–Trinajstić information content (AvgIpc) is 2.46.